The number of halogens is 1. The number of nitrogens with zero attached hydrogens (tertiary/aromatic N) is 2. The fourth-order valence-corrected chi connectivity index (χ4v) is 4.42. The molecule has 2 saturated heterocycles. The van der Waals surface area contributed by atoms with E-state index in [1.807, 2.05) is 0 Å². The van der Waals surface area contributed by atoms with E-state index in [1.54, 1.807) is 0 Å². The van der Waals surface area contributed by atoms with Gasteiger partial charge in [-0.2, -0.15) is 0 Å². The molecule has 1 aromatic rings. The molecule has 1 atom stereocenters. The number of nitrogens with one attached hydrogen (secondary N) is 2. The SMILES string of the molecule is CCNC(=NCC1(N2CCCC2)CCOCC1)NC(C)c1ccccc1C.I. The maximum atomic E-state index is 5.67. The summed E-state index contributed by atoms with van der Waals surface area (Å²) in [6.07, 6.45) is 4.80. The summed E-state index contributed by atoms with van der Waals surface area (Å²) in [5.41, 5.74) is 2.80. The smallest absolute Gasteiger partial charge is 0.191 e. The number of likely N-dealkylation sites (tertiary alicyclic amines) is 1. The number of guanidine groups is 1. The van der Waals surface area contributed by atoms with Crippen LogP contribution < -0.4 is 10.6 Å². The van der Waals surface area contributed by atoms with Gasteiger partial charge in [0.1, 0.15) is 0 Å². The molecular weight excluding hydrogens is 463 g/mol. The van der Waals surface area contributed by atoms with Gasteiger partial charge in [0.15, 0.2) is 5.96 Å². The van der Waals surface area contributed by atoms with Crippen LogP contribution in [0.1, 0.15) is 56.7 Å². The van der Waals surface area contributed by atoms with Crippen molar-refractivity contribution in [2.75, 3.05) is 39.4 Å². The Kier molecular flexibility index (Phi) is 9.50. The molecule has 0 saturated carbocycles. The molecule has 3 rings (SSSR count). The molecular formula is C22H37IN4O. The predicted molar refractivity (Wildman–Crippen MR) is 128 cm³/mol. The number of aliphatic imine (C=N–C) groups is 1. The maximum absolute atomic E-state index is 5.67. The molecule has 1 aromatic carbocycles. The van der Waals surface area contributed by atoms with E-state index in [9.17, 15) is 0 Å². The highest BCUT2D eigenvalue weighted by Crippen LogP contribution is 2.31. The lowest BCUT2D eigenvalue weighted by atomic mass is 9.88. The van der Waals surface area contributed by atoms with Crippen LogP contribution in [0.15, 0.2) is 29.3 Å². The summed E-state index contributed by atoms with van der Waals surface area (Å²) in [6.45, 7) is 12.3. The van der Waals surface area contributed by atoms with Crippen LogP contribution in [0.2, 0.25) is 0 Å². The van der Waals surface area contributed by atoms with Crippen LogP contribution in [0.25, 0.3) is 0 Å². The number of ether oxygens (including phenoxy) is 1. The standard InChI is InChI=1S/C22H36N4O.HI/c1-4-23-21(25-19(3)20-10-6-5-9-18(20)2)24-17-22(11-15-27-16-12-22)26-13-7-8-14-26;/h5-6,9-10,19H,4,7-8,11-17H2,1-3H3,(H2,23,24,25);1H. The summed E-state index contributed by atoms with van der Waals surface area (Å²) < 4.78 is 5.67. The third-order valence-electron chi connectivity index (χ3n) is 6.08. The predicted octanol–water partition coefficient (Wildman–Crippen LogP) is 3.87. The highest BCUT2D eigenvalue weighted by atomic mass is 127. The van der Waals surface area contributed by atoms with Crippen LogP contribution in [0.3, 0.4) is 0 Å². The molecule has 0 amide bonds. The molecule has 6 heteroatoms. The molecule has 28 heavy (non-hydrogen) atoms. The minimum atomic E-state index is 0. The van der Waals surface area contributed by atoms with Gasteiger partial charge in [-0.05, 0) is 70.7 Å². The van der Waals surface area contributed by atoms with Crippen molar-refractivity contribution >= 4 is 29.9 Å². The lowest BCUT2D eigenvalue weighted by Gasteiger charge is -2.43. The molecule has 2 heterocycles. The van der Waals surface area contributed by atoms with E-state index in [1.165, 1.54) is 37.1 Å². The van der Waals surface area contributed by atoms with Crippen LogP contribution in [-0.2, 0) is 4.74 Å². The van der Waals surface area contributed by atoms with Crippen molar-refractivity contribution in [2.45, 2.75) is 58.0 Å². The molecule has 0 bridgehead atoms. The zero-order chi connectivity index (χ0) is 19.1. The monoisotopic (exact) mass is 500 g/mol. The topological polar surface area (TPSA) is 48.9 Å². The van der Waals surface area contributed by atoms with E-state index >= 15 is 0 Å². The van der Waals surface area contributed by atoms with Gasteiger partial charge in [-0.25, -0.2) is 0 Å². The number of hydrogen-bond donors (Lipinski definition) is 2. The van der Waals surface area contributed by atoms with Gasteiger partial charge >= 0.3 is 0 Å². The molecule has 2 fully saturated rings. The average Bonchev–Trinajstić information content (AvgIpc) is 3.23. The van der Waals surface area contributed by atoms with E-state index < -0.39 is 0 Å². The van der Waals surface area contributed by atoms with Gasteiger partial charge < -0.3 is 15.4 Å². The van der Waals surface area contributed by atoms with E-state index in [4.69, 9.17) is 9.73 Å². The Labute approximate surface area is 187 Å². The molecule has 0 aromatic heterocycles. The fourth-order valence-electron chi connectivity index (χ4n) is 4.42. The van der Waals surface area contributed by atoms with E-state index in [2.05, 4.69) is 60.6 Å². The quantitative estimate of drug-likeness (QED) is 0.354. The summed E-state index contributed by atoms with van der Waals surface area (Å²) in [5.74, 6) is 0.915. The van der Waals surface area contributed by atoms with Crippen molar-refractivity contribution in [2.24, 2.45) is 4.99 Å². The third kappa shape index (κ3) is 5.83. The van der Waals surface area contributed by atoms with Crippen molar-refractivity contribution in [3.8, 4) is 0 Å². The Morgan fingerprint density at radius 2 is 1.89 bits per heavy atom. The van der Waals surface area contributed by atoms with Crippen molar-refractivity contribution in [3.63, 3.8) is 0 Å². The van der Waals surface area contributed by atoms with Crippen LogP contribution in [0, 0.1) is 6.92 Å². The highest BCUT2D eigenvalue weighted by molar-refractivity contribution is 14.0. The van der Waals surface area contributed by atoms with Crippen LogP contribution in [0.5, 0.6) is 0 Å². The average molecular weight is 500 g/mol. The normalized spacial score (nSPS) is 21.0. The molecule has 5 nitrogen and oxygen atoms in total. The Morgan fingerprint density at radius 1 is 1.21 bits per heavy atom. The molecule has 2 aliphatic rings. The van der Waals surface area contributed by atoms with Crippen LogP contribution in [0.4, 0.5) is 0 Å². The Balaban J connectivity index is 0.00000280. The van der Waals surface area contributed by atoms with E-state index in [0.717, 1.165) is 45.1 Å². The number of rotatable bonds is 6. The van der Waals surface area contributed by atoms with Crippen molar-refractivity contribution in [3.05, 3.63) is 35.4 Å². The second-order valence-electron chi connectivity index (χ2n) is 7.95. The summed E-state index contributed by atoms with van der Waals surface area (Å²) in [6, 6.07) is 8.79. The summed E-state index contributed by atoms with van der Waals surface area (Å²) in [4.78, 5) is 7.72. The Hall–Kier alpha value is -0.860. The van der Waals surface area contributed by atoms with Gasteiger partial charge in [-0.1, -0.05) is 24.3 Å². The molecule has 2 N–H and O–H groups in total. The second-order valence-corrected chi connectivity index (χ2v) is 7.95. The summed E-state index contributed by atoms with van der Waals surface area (Å²) in [7, 11) is 0. The first-order valence-electron chi connectivity index (χ1n) is 10.6. The highest BCUT2D eigenvalue weighted by Gasteiger charge is 2.39. The zero-order valence-corrected chi connectivity index (χ0v) is 20.0. The summed E-state index contributed by atoms with van der Waals surface area (Å²) >= 11 is 0. The maximum Gasteiger partial charge on any atom is 0.191 e. The molecule has 0 spiro atoms. The van der Waals surface area contributed by atoms with Gasteiger partial charge in [0.2, 0.25) is 0 Å². The lowest BCUT2D eigenvalue weighted by molar-refractivity contribution is -0.0139. The minimum Gasteiger partial charge on any atom is -0.381 e. The Bertz CT molecular complexity index is 625. The number of benzene rings is 1. The van der Waals surface area contributed by atoms with Gasteiger partial charge in [0, 0.05) is 25.3 Å². The lowest BCUT2D eigenvalue weighted by Crippen LogP contribution is -2.54. The van der Waals surface area contributed by atoms with Crippen molar-refractivity contribution in [1.82, 2.24) is 15.5 Å². The van der Waals surface area contributed by atoms with E-state index in [-0.39, 0.29) is 35.6 Å². The zero-order valence-electron chi connectivity index (χ0n) is 17.7. The second kappa shape index (κ2) is 11.4. The van der Waals surface area contributed by atoms with Crippen molar-refractivity contribution in [1.29, 1.82) is 0 Å². The molecule has 0 radical (unpaired) electrons. The molecule has 158 valence electrons. The van der Waals surface area contributed by atoms with Crippen molar-refractivity contribution < 1.29 is 4.74 Å². The first-order valence-corrected chi connectivity index (χ1v) is 10.6. The van der Waals surface area contributed by atoms with Gasteiger partial charge in [0.25, 0.3) is 0 Å². The molecule has 1 unspecified atom stereocenters. The Morgan fingerprint density at radius 3 is 2.54 bits per heavy atom. The fraction of sp³-hybridized carbons (Fsp3) is 0.682. The van der Waals surface area contributed by atoms with E-state index in [0.29, 0.717) is 0 Å². The number of hydrogen-bond acceptors (Lipinski definition) is 3. The largest absolute Gasteiger partial charge is 0.381 e. The van der Waals surface area contributed by atoms with Gasteiger partial charge in [0.05, 0.1) is 12.6 Å². The van der Waals surface area contributed by atoms with Crippen LogP contribution in [-0.4, -0.2) is 55.8 Å². The van der Waals surface area contributed by atoms with Gasteiger partial charge in [-0.3, -0.25) is 9.89 Å². The molecule has 2 aliphatic heterocycles. The van der Waals surface area contributed by atoms with Gasteiger partial charge in [-0.15, -0.1) is 24.0 Å². The number of aryl methyl sites for hydroxylation is 1. The molecule has 0 aliphatic carbocycles. The minimum absolute atomic E-state index is 0. The van der Waals surface area contributed by atoms with Crippen LogP contribution >= 0.6 is 24.0 Å². The first kappa shape index (κ1) is 23.4. The third-order valence-corrected chi connectivity index (χ3v) is 6.08. The first-order chi connectivity index (χ1) is 13.1. The summed E-state index contributed by atoms with van der Waals surface area (Å²) in [5, 5.41) is 7.05.